The lowest BCUT2D eigenvalue weighted by molar-refractivity contribution is 0.727. The van der Waals surface area contributed by atoms with Gasteiger partial charge in [0.25, 0.3) is 0 Å². The molecule has 0 spiro atoms. The summed E-state index contributed by atoms with van der Waals surface area (Å²) in [4.78, 5) is 7.65. The Morgan fingerprint density at radius 1 is 0.651 bits per heavy atom. The molecule has 1 aliphatic carbocycles. The fourth-order valence-corrected chi connectivity index (χ4v) is 9.69. The number of anilines is 2. The minimum Gasteiger partial charge on any atom is -0.333 e. The molecule has 0 radical (unpaired) electrons. The van der Waals surface area contributed by atoms with Crippen molar-refractivity contribution in [1.82, 2.24) is 4.98 Å². The van der Waals surface area contributed by atoms with E-state index < -0.39 is 0 Å². The molecule has 10 rings (SSSR count). The summed E-state index contributed by atoms with van der Waals surface area (Å²) in [5.74, 6) is 0.286. The lowest BCUT2D eigenvalue weighted by Crippen LogP contribution is -2.30. The molecule has 1 aliphatic heterocycles. The van der Waals surface area contributed by atoms with E-state index in [1.807, 2.05) is 22.7 Å². The number of nitrogens with zero attached hydrogens (tertiary/aromatic N) is 2. The van der Waals surface area contributed by atoms with E-state index in [0.717, 1.165) is 16.1 Å². The molecule has 2 unspecified atom stereocenters. The molecule has 0 fully saturated rings. The smallest absolute Gasteiger partial charge is 0.124 e. The fraction of sp³-hybridized carbons (Fsp3) is 0.0513. The van der Waals surface area contributed by atoms with Gasteiger partial charge in [-0.3, -0.25) is 0 Å². The molecule has 6 aromatic carbocycles. The zero-order valence-corrected chi connectivity index (χ0v) is 24.7. The Bertz CT molecular complexity index is 2430. The van der Waals surface area contributed by atoms with Gasteiger partial charge in [0.2, 0.25) is 0 Å². The third-order valence-corrected chi connectivity index (χ3v) is 11.5. The molecular formula is C39H24N2S2. The van der Waals surface area contributed by atoms with Crippen molar-refractivity contribution in [2.75, 3.05) is 4.90 Å². The zero-order valence-electron chi connectivity index (χ0n) is 23.1. The average molecular weight is 585 g/mol. The molecule has 2 aromatic heterocycles. The van der Waals surface area contributed by atoms with E-state index >= 15 is 0 Å². The van der Waals surface area contributed by atoms with Crippen LogP contribution in [0.15, 0.2) is 127 Å². The van der Waals surface area contributed by atoms with Crippen LogP contribution in [0.3, 0.4) is 0 Å². The number of thiophene rings is 1. The van der Waals surface area contributed by atoms with Gasteiger partial charge in [0.05, 0.1) is 16.3 Å². The van der Waals surface area contributed by atoms with Crippen LogP contribution < -0.4 is 4.90 Å². The number of aromatic nitrogens is 1. The minimum atomic E-state index is 0.226. The summed E-state index contributed by atoms with van der Waals surface area (Å²) in [6.45, 7) is 0. The summed E-state index contributed by atoms with van der Waals surface area (Å²) in [7, 11) is 0. The molecule has 0 amide bonds. The molecule has 202 valence electrons. The van der Waals surface area contributed by atoms with Gasteiger partial charge in [-0.15, -0.1) is 22.7 Å². The number of rotatable bonds is 2. The quantitative estimate of drug-likeness (QED) is 0.201. The molecule has 0 bridgehead atoms. The van der Waals surface area contributed by atoms with Gasteiger partial charge in [-0.05, 0) is 76.0 Å². The monoisotopic (exact) mass is 584 g/mol. The van der Waals surface area contributed by atoms with Gasteiger partial charge in [-0.1, -0.05) is 84.9 Å². The molecule has 4 heteroatoms. The minimum absolute atomic E-state index is 0.226. The Balaban J connectivity index is 1.10. The summed E-state index contributed by atoms with van der Waals surface area (Å²) >= 11 is 3.67. The highest BCUT2D eigenvalue weighted by molar-refractivity contribution is 7.28. The van der Waals surface area contributed by atoms with Crippen LogP contribution in [0, 0.1) is 0 Å². The first-order valence-corrected chi connectivity index (χ1v) is 16.3. The van der Waals surface area contributed by atoms with Crippen LogP contribution in [0.25, 0.3) is 57.8 Å². The van der Waals surface area contributed by atoms with Gasteiger partial charge in [0, 0.05) is 43.0 Å². The zero-order chi connectivity index (χ0) is 28.1. The van der Waals surface area contributed by atoms with E-state index in [2.05, 4.69) is 138 Å². The predicted molar refractivity (Wildman–Crippen MR) is 185 cm³/mol. The van der Waals surface area contributed by atoms with Crippen molar-refractivity contribution in [1.29, 1.82) is 0 Å². The Morgan fingerprint density at radius 3 is 2.40 bits per heavy atom. The van der Waals surface area contributed by atoms with Crippen LogP contribution >= 0.6 is 22.7 Å². The molecule has 3 heterocycles. The van der Waals surface area contributed by atoms with Crippen molar-refractivity contribution in [2.45, 2.75) is 12.0 Å². The van der Waals surface area contributed by atoms with E-state index in [4.69, 9.17) is 4.98 Å². The van der Waals surface area contributed by atoms with E-state index in [0.29, 0.717) is 0 Å². The highest BCUT2D eigenvalue weighted by Crippen LogP contribution is 2.53. The van der Waals surface area contributed by atoms with Crippen molar-refractivity contribution < 1.29 is 0 Å². The third kappa shape index (κ3) is 3.36. The van der Waals surface area contributed by atoms with Crippen LogP contribution in [0.5, 0.6) is 0 Å². The first-order chi connectivity index (χ1) is 21.3. The molecule has 43 heavy (non-hydrogen) atoms. The van der Waals surface area contributed by atoms with E-state index in [1.54, 1.807) is 0 Å². The summed E-state index contributed by atoms with van der Waals surface area (Å²) < 4.78 is 3.94. The van der Waals surface area contributed by atoms with Crippen molar-refractivity contribution in [3.05, 3.63) is 144 Å². The SMILES string of the molecule is C1=CC2C(c3ccccc31)c1c(ccc3ccccc13)N2c1ccc(-c2nc3ccc4sc5ccccc5c4c3s2)cc1. The topological polar surface area (TPSA) is 16.1 Å². The molecule has 0 saturated heterocycles. The maximum absolute atomic E-state index is 5.11. The van der Waals surface area contributed by atoms with E-state index in [1.165, 1.54) is 63.7 Å². The Labute approximate surface area is 256 Å². The number of hydrogen-bond donors (Lipinski definition) is 0. The van der Waals surface area contributed by atoms with Gasteiger partial charge in [0.1, 0.15) is 5.01 Å². The maximum Gasteiger partial charge on any atom is 0.124 e. The van der Waals surface area contributed by atoms with Gasteiger partial charge >= 0.3 is 0 Å². The summed E-state index contributed by atoms with van der Waals surface area (Å²) in [6, 6.07) is 44.8. The molecular weight excluding hydrogens is 561 g/mol. The summed E-state index contributed by atoms with van der Waals surface area (Å²) in [5.41, 5.74) is 8.92. The van der Waals surface area contributed by atoms with Crippen molar-refractivity contribution in [3.63, 3.8) is 0 Å². The van der Waals surface area contributed by atoms with Gasteiger partial charge in [-0.25, -0.2) is 4.98 Å². The van der Waals surface area contributed by atoms with Gasteiger partial charge in [0.15, 0.2) is 0 Å². The largest absolute Gasteiger partial charge is 0.333 e. The van der Waals surface area contributed by atoms with Crippen LogP contribution in [-0.2, 0) is 0 Å². The first kappa shape index (κ1) is 23.8. The number of fused-ring (bicyclic) bond motifs is 12. The average Bonchev–Trinajstić information content (AvgIpc) is 3.76. The molecule has 2 aliphatic rings. The summed E-state index contributed by atoms with van der Waals surface area (Å²) in [6.07, 6.45) is 4.71. The van der Waals surface area contributed by atoms with Crippen LogP contribution in [0.2, 0.25) is 0 Å². The summed E-state index contributed by atoms with van der Waals surface area (Å²) in [5, 5.41) is 6.39. The van der Waals surface area contributed by atoms with Crippen LogP contribution in [0.1, 0.15) is 22.6 Å². The first-order valence-electron chi connectivity index (χ1n) is 14.7. The number of thiazole rings is 1. The van der Waals surface area contributed by atoms with Crippen molar-refractivity contribution in [2.24, 2.45) is 0 Å². The predicted octanol–water partition coefficient (Wildman–Crippen LogP) is 11.2. The van der Waals surface area contributed by atoms with Crippen molar-refractivity contribution >= 4 is 81.3 Å². The molecule has 2 nitrogen and oxygen atoms in total. The second-order valence-electron chi connectivity index (χ2n) is 11.5. The van der Waals surface area contributed by atoms with Gasteiger partial charge < -0.3 is 4.90 Å². The fourth-order valence-electron chi connectivity index (χ4n) is 7.38. The van der Waals surface area contributed by atoms with Crippen molar-refractivity contribution in [3.8, 4) is 10.6 Å². The highest BCUT2D eigenvalue weighted by atomic mass is 32.1. The Hall–Kier alpha value is -4.77. The van der Waals surface area contributed by atoms with Crippen LogP contribution in [-0.4, -0.2) is 11.0 Å². The Kier molecular flexibility index (Phi) is 4.90. The maximum atomic E-state index is 5.11. The molecule has 0 N–H and O–H groups in total. The van der Waals surface area contributed by atoms with E-state index in [-0.39, 0.29) is 12.0 Å². The second-order valence-corrected chi connectivity index (χ2v) is 13.6. The van der Waals surface area contributed by atoms with E-state index in [9.17, 15) is 0 Å². The molecule has 2 atom stereocenters. The normalized spacial score (nSPS) is 17.2. The second kappa shape index (κ2) is 8.87. The third-order valence-electron chi connectivity index (χ3n) is 9.25. The standard InChI is InChI=1S/C39H24N2S2/c1-3-9-27-23(7-1)15-20-31-35(27)36-28-10-4-2-8-24(28)16-21-32(36)41(31)26-17-13-25(14-18-26)39-40-30-19-22-34-37(38(30)43-39)29-11-5-6-12-33(29)42-34/h1-22,31,35H. The number of hydrogen-bond acceptors (Lipinski definition) is 4. The van der Waals surface area contributed by atoms with Gasteiger partial charge in [-0.2, -0.15) is 0 Å². The Morgan fingerprint density at radius 2 is 1.47 bits per heavy atom. The van der Waals surface area contributed by atoms with Crippen LogP contribution in [0.4, 0.5) is 11.4 Å². The highest BCUT2D eigenvalue weighted by Gasteiger charge is 2.42. The molecule has 0 saturated carbocycles. The lowest BCUT2D eigenvalue weighted by Gasteiger charge is -2.31. The number of benzene rings is 6. The lowest BCUT2D eigenvalue weighted by atomic mass is 9.80. The molecule has 8 aromatic rings.